The third-order valence-corrected chi connectivity index (χ3v) is 3.87. The molecule has 0 aliphatic rings. The molecule has 1 nitrogen and oxygen atoms in total. The van der Waals surface area contributed by atoms with Gasteiger partial charge in [0, 0.05) is 15.6 Å². The standard InChI is InChI=1S/C15H13Cl3O/c1-2-19-11-8-6-10(7-9-11)15(18)14-12(16)4-3-5-13(14)17/h3-9,15H,2H2,1H3. The fourth-order valence-electron chi connectivity index (χ4n) is 1.82. The third kappa shape index (κ3) is 3.36. The number of alkyl halides is 1. The number of halogens is 3. The Morgan fingerprint density at radius 3 is 2.11 bits per heavy atom. The predicted octanol–water partition coefficient (Wildman–Crippen LogP) is 5.72. The first-order valence-corrected chi connectivity index (χ1v) is 7.13. The molecule has 0 spiro atoms. The van der Waals surface area contributed by atoms with Crippen LogP contribution in [0.3, 0.4) is 0 Å². The Kier molecular flexibility index (Phi) is 4.98. The molecule has 2 rings (SSSR count). The van der Waals surface area contributed by atoms with Gasteiger partial charge in [-0.25, -0.2) is 0 Å². The number of benzene rings is 2. The Labute approximate surface area is 128 Å². The van der Waals surface area contributed by atoms with Crippen LogP contribution in [0, 0.1) is 0 Å². The van der Waals surface area contributed by atoms with Crippen LogP contribution in [0.2, 0.25) is 10.0 Å². The zero-order valence-electron chi connectivity index (χ0n) is 10.4. The van der Waals surface area contributed by atoms with Gasteiger partial charge in [-0.1, -0.05) is 41.4 Å². The molecule has 100 valence electrons. The molecule has 2 aromatic rings. The molecule has 0 saturated heterocycles. The molecule has 0 radical (unpaired) electrons. The van der Waals surface area contributed by atoms with Gasteiger partial charge in [-0.05, 0) is 36.8 Å². The molecule has 0 bridgehead atoms. The molecule has 0 heterocycles. The fraction of sp³-hybridized carbons (Fsp3) is 0.200. The quantitative estimate of drug-likeness (QED) is 0.656. The average molecular weight is 316 g/mol. The van der Waals surface area contributed by atoms with Gasteiger partial charge >= 0.3 is 0 Å². The van der Waals surface area contributed by atoms with Gasteiger partial charge in [0.05, 0.1) is 12.0 Å². The van der Waals surface area contributed by atoms with E-state index in [-0.39, 0.29) is 5.38 Å². The second-order valence-corrected chi connectivity index (χ2v) is 5.25. The minimum Gasteiger partial charge on any atom is -0.494 e. The molecule has 4 heteroatoms. The largest absolute Gasteiger partial charge is 0.494 e. The van der Waals surface area contributed by atoms with Gasteiger partial charge < -0.3 is 4.74 Å². The van der Waals surface area contributed by atoms with Gasteiger partial charge in [-0.15, -0.1) is 11.6 Å². The van der Waals surface area contributed by atoms with Crippen molar-refractivity contribution in [2.45, 2.75) is 12.3 Å². The van der Waals surface area contributed by atoms with Crippen LogP contribution in [0.15, 0.2) is 42.5 Å². The second-order valence-electron chi connectivity index (χ2n) is 4.00. The van der Waals surface area contributed by atoms with E-state index >= 15 is 0 Å². The number of rotatable bonds is 4. The van der Waals surface area contributed by atoms with Crippen LogP contribution in [0.1, 0.15) is 23.4 Å². The lowest BCUT2D eigenvalue weighted by atomic mass is 10.0. The van der Waals surface area contributed by atoms with Crippen LogP contribution >= 0.6 is 34.8 Å². The SMILES string of the molecule is CCOc1ccc(C(Cl)c2c(Cl)cccc2Cl)cc1. The van der Waals surface area contributed by atoms with E-state index in [0.29, 0.717) is 16.7 Å². The van der Waals surface area contributed by atoms with Gasteiger partial charge in [0.2, 0.25) is 0 Å². The highest BCUT2D eigenvalue weighted by Crippen LogP contribution is 2.38. The first kappa shape index (κ1) is 14.5. The van der Waals surface area contributed by atoms with Gasteiger partial charge in [0.1, 0.15) is 5.75 Å². The first-order chi connectivity index (χ1) is 9.13. The van der Waals surface area contributed by atoms with E-state index in [1.165, 1.54) is 0 Å². The minimum absolute atomic E-state index is 0.378. The second kappa shape index (κ2) is 6.51. The van der Waals surface area contributed by atoms with Gasteiger partial charge in [0.25, 0.3) is 0 Å². The highest BCUT2D eigenvalue weighted by molar-refractivity contribution is 6.38. The zero-order chi connectivity index (χ0) is 13.8. The lowest BCUT2D eigenvalue weighted by Gasteiger charge is -2.14. The Bertz CT molecular complexity index is 532. The van der Waals surface area contributed by atoms with E-state index < -0.39 is 0 Å². The lowest BCUT2D eigenvalue weighted by Crippen LogP contribution is -1.97. The molecule has 2 aromatic carbocycles. The maximum Gasteiger partial charge on any atom is 0.119 e. The van der Waals surface area contributed by atoms with Gasteiger partial charge in [0.15, 0.2) is 0 Å². The average Bonchev–Trinajstić information content (AvgIpc) is 2.39. The molecule has 19 heavy (non-hydrogen) atoms. The topological polar surface area (TPSA) is 9.23 Å². The van der Waals surface area contributed by atoms with Gasteiger partial charge in [-0.3, -0.25) is 0 Å². The van der Waals surface area contributed by atoms with Crippen molar-refractivity contribution in [2.24, 2.45) is 0 Å². The molecule has 0 saturated carbocycles. The highest BCUT2D eigenvalue weighted by atomic mass is 35.5. The summed E-state index contributed by atoms with van der Waals surface area (Å²) in [6, 6.07) is 13.0. The third-order valence-electron chi connectivity index (χ3n) is 2.74. The van der Waals surface area contributed by atoms with Crippen molar-refractivity contribution < 1.29 is 4.74 Å². The number of hydrogen-bond donors (Lipinski definition) is 0. The number of hydrogen-bond acceptors (Lipinski definition) is 1. The van der Waals surface area contributed by atoms with Crippen LogP contribution < -0.4 is 4.74 Å². The zero-order valence-corrected chi connectivity index (χ0v) is 12.6. The smallest absolute Gasteiger partial charge is 0.119 e. The Morgan fingerprint density at radius 2 is 1.58 bits per heavy atom. The summed E-state index contributed by atoms with van der Waals surface area (Å²) in [6.45, 7) is 2.59. The molecule has 0 fully saturated rings. The fourth-order valence-corrected chi connectivity index (χ4v) is 2.93. The molecule has 0 amide bonds. The van der Waals surface area contributed by atoms with E-state index in [4.69, 9.17) is 39.5 Å². The van der Waals surface area contributed by atoms with Crippen molar-refractivity contribution in [1.82, 2.24) is 0 Å². The van der Waals surface area contributed by atoms with Crippen LogP contribution in [0.25, 0.3) is 0 Å². The Hall–Kier alpha value is -0.890. The van der Waals surface area contributed by atoms with Crippen molar-refractivity contribution >= 4 is 34.8 Å². The predicted molar refractivity (Wildman–Crippen MR) is 81.8 cm³/mol. The summed E-state index contributed by atoms with van der Waals surface area (Å²) in [6.07, 6.45) is 0. The van der Waals surface area contributed by atoms with Crippen LogP contribution in [0.5, 0.6) is 5.75 Å². The van der Waals surface area contributed by atoms with Crippen molar-refractivity contribution in [2.75, 3.05) is 6.61 Å². The van der Waals surface area contributed by atoms with Crippen molar-refractivity contribution in [3.8, 4) is 5.75 Å². The van der Waals surface area contributed by atoms with E-state index in [0.717, 1.165) is 16.9 Å². The van der Waals surface area contributed by atoms with Crippen LogP contribution in [-0.2, 0) is 0 Å². The maximum absolute atomic E-state index is 6.46. The number of ether oxygens (including phenoxy) is 1. The molecular formula is C15H13Cl3O. The van der Waals surface area contributed by atoms with Crippen LogP contribution in [-0.4, -0.2) is 6.61 Å². The van der Waals surface area contributed by atoms with E-state index in [2.05, 4.69) is 0 Å². The molecule has 1 atom stereocenters. The summed E-state index contributed by atoms with van der Waals surface area (Å²) in [5.41, 5.74) is 1.66. The van der Waals surface area contributed by atoms with Crippen molar-refractivity contribution in [3.63, 3.8) is 0 Å². The summed E-state index contributed by atoms with van der Waals surface area (Å²) in [5.74, 6) is 0.820. The summed E-state index contributed by atoms with van der Waals surface area (Å²) in [4.78, 5) is 0. The molecular weight excluding hydrogens is 303 g/mol. The summed E-state index contributed by atoms with van der Waals surface area (Å²) in [5, 5.41) is 0.764. The summed E-state index contributed by atoms with van der Waals surface area (Å²) < 4.78 is 5.40. The van der Waals surface area contributed by atoms with E-state index in [9.17, 15) is 0 Å². The first-order valence-electron chi connectivity index (χ1n) is 5.94. The maximum atomic E-state index is 6.46. The van der Waals surface area contributed by atoms with Crippen molar-refractivity contribution in [1.29, 1.82) is 0 Å². The van der Waals surface area contributed by atoms with E-state index in [1.54, 1.807) is 18.2 Å². The lowest BCUT2D eigenvalue weighted by molar-refractivity contribution is 0.340. The Balaban J connectivity index is 2.31. The highest BCUT2D eigenvalue weighted by Gasteiger charge is 2.17. The Morgan fingerprint density at radius 1 is 1.00 bits per heavy atom. The van der Waals surface area contributed by atoms with Crippen LogP contribution in [0.4, 0.5) is 0 Å². The van der Waals surface area contributed by atoms with Gasteiger partial charge in [-0.2, -0.15) is 0 Å². The summed E-state index contributed by atoms with van der Waals surface area (Å²) >= 11 is 18.8. The summed E-state index contributed by atoms with van der Waals surface area (Å²) in [7, 11) is 0. The minimum atomic E-state index is -0.378. The monoisotopic (exact) mass is 314 g/mol. The molecule has 0 aliphatic heterocycles. The van der Waals surface area contributed by atoms with E-state index in [1.807, 2.05) is 31.2 Å². The normalized spacial score (nSPS) is 12.2. The van der Waals surface area contributed by atoms with Crippen molar-refractivity contribution in [3.05, 3.63) is 63.6 Å². The molecule has 0 aromatic heterocycles. The molecule has 0 aliphatic carbocycles. The molecule has 1 unspecified atom stereocenters. The molecule has 0 N–H and O–H groups in total.